The van der Waals surface area contributed by atoms with E-state index in [0.29, 0.717) is 5.56 Å². The molecule has 0 aliphatic carbocycles. The van der Waals surface area contributed by atoms with Crippen LogP contribution in [0.3, 0.4) is 0 Å². The van der Waals surface area contributed by atoms with Gasteiger partial charge in [-0.3, -0.25) is 19.8 Å². The van der Waals surface area contributed by atoms with Crippen molar-refractivity contribution < 1.29 is 27.3 Å². The Balaban J connectivity index is 1.88. The topological polar surface area (TPSA) is 110 Å². The summed E-state index contributed by atoms with van der Waals surface area (Å²) >= 11 is 0. The maximum Gasteiger partial charge on any atom is 0.324 e. The van der Waals surface area contributed by atoms with Crippen molar-refractivity contribution in [3.05, 3.63) is 69.5 Å². The Morgan fingerprint density at radius 1 is 1.22 bits per heavy atom. The van der Waals surface area contributed by atoms with Crippen molar-refractivity contribution >= 4 is 21.7 Å². The second kappa shape index (κ2) is 10.6. The van der Waals surface area contributed by atoms with Crippen LogP contribution in [0.15, 0.2) is 47.4 Å². The molecule has 11 heteroatoms. The zero-order chi connectivity index (χ0) is 26.8. The normalized spacial score (nSPS) is 18.6. The molecule has 9 nitrogen and oxygen atoms in total. The largest absolute Gasteiger partial charge is 0.459 e. The van der Waals surface area contributed by atoms with Gasteiger partial charge in [-0.05, 0) is 57.9 Å². The first-order chi connectivity index (χ1) is 16.7. The zero-order valence-electron chi connectivity index (χ0n) is 21.1. The quantitative estimate of drug-likeness (QED) is 0.310. The summed E-state index contributed by atoms with van der Waals surface area (Å²) in [5.41, 5.74) is -0.135. The Morgan fingerprint density at radius 2 is 1.89 bits per heavy atom. The molecule has 0 radical (unpaired) electrons. The van der Waals surface area contributed by atoms with E-state index in [1.807, 2.05) is 0 Å². The predicted molar refractivity (Wildman–Crippen MR) is 132 cm³/mol. The van der Waals surface area contributed by atoms with E-state index in [4.69, 9.17) is 4.74 Å². The second-order valence-electron chi connectivity index (χ2n) is 10.0. The van der Waals surface area contributed by atoms with E-state index in [2.05, 4.69) is 0 Å². The summed E-state index contributed by atoms with van der Waals surface area (Å²) in [5.74, 6) is -0.945. The zero-order valence-corrected chi connectivity index (χ0v) is 21.9. The summed E-state index contributed by atoms with van der Waals surface area (Å²) in [5, 5.41) is 11.4. The van der Waals surface area contributed by atoms with Crippen molar-refractivity contribution in [1.82, 2.24) is 9.21 Å². The summed E-state index contributed by atoms with van der Waals surface area (Å²) in [6, 6.07) is 8.60. The summed E-state index contributed by atoms with van der Waals surface area (Å²) in [6.07, 6.45) is 0.0602. The Hall–Kier alpha value is -2.89. The van der Waals surface area contributed by atoms with Crippen LogP contribution in [0.5, 0.6) is 0 Å². The summed E-state index contributed by atoms with van der Waals surface area (Å²) in [7, 11) is -4.17. The fraction of sp³-hybridized carbons (Fsp3) is 0.480. The molecule has 2 aromatic rings. The number of benzene rings is 2. The predicted octanol–water partition coefficient (Wildman–Crippen LogP) is 3.69. The lowest BCUT2D eigenvalue weighted by Crippen LogP contribution is -2.58. The molecule has 0 amide bonds. The number of piperazine rings is 1. The number of aryl methyl sites for hydroxylation is 1. The minimum absolute atomic E-state index is 0.00518. The van der Waals surface area contributed by atoms with Crippen molar-refractivity contribution in [1.29, 1.82) is 0 Å². The number of ether oxygens (including phenoxy) is 1. The smallest absolute Gasteiger partial charge is 0.324 e. The number of nitro groups is 1. The number of carbonyl (C=O) groups is 1. The fourth-order valence-corrected chi connectivity index (χ4v) is 6.09. The highest BCUT2D eigenvalue weighted by Crippen LogP contribution is 2.30. The van der Waals surface area contributed by atoms with Gasteiger partial charge in [0.15, 0.2) is 4.90 Å². The highest BCUT2D eigenvalue weighted by molar-refractivity contribution is 7.89. The molecule has 2 aromatic carbocycles. The van der Waals surface area contributed by atoms with E-state index in [-0.39, 0.29) is 31.0 Å². The van der Waals surface area contributed by atoms with E-state index < -0.39 is 50.1 Å². The van der Waals surface area contributed by atoms with E-state index >= 15 is 0 Å². The number of nitrogens with zero attached hydrogens (tertiary/aromatic N) is 3. The molecule has 196 valence electrons. The van der Waals surface area contributed by atoms with Crippen molar-refractivity contribution in [3.63, 3.8) is 0 Å². The van der Waals surface area contributed by atoms with Crippen LogP contribution in [0.4, 0.5) is 10.1 Å². The van der Waals surface area contributed by atoms with Crippen LogP contribution in [0.2, 0.25) is 0 Å². The standard InChI is InChI=1S/C25H32FN3O6S/c1-17-10-11-19(20(26)14-17)15-22(24(30)35-25(3,4)5)27-12-13-28(18(2)16-27)36(33,34)23-9-7-6-8-21(23)29(31)32/h6-11,14,18,22H,12-13,15-16H2,1-5H3/t18-,22-/m0/s1. The van der Waals surface area contributed by atoms with Crippen molar-refractivity contribution in [2.45, 2.75) is 63.6 Å². The minimum atomic E-state index is -4.17. The van der Waals surface area contributed by atoms with Gasteiger partial charge in [-0.1, -0.05) is 24.3 Å². The van der Waals surface area contributed by atoms with Crippen molar-refractivity contribution in [2.75, 3.05) is 19.6 Å². The molecule has 0 saturated carbocycles. The molecule has 0 aromatic heterocycles. The van der Waals surface area contributed by atoms with Gasteiger partial charge in [0.05, 0.1) is 4.92 Å². The van der Waals surface area contributed by atoms with Gasteiger partial charge in [-0.15, -0.1) is 0 Å². The maximum absolute atomic E-state index is 14.7. The SMILES string of the molecule is Cc1ccc(C[C@@H](C(=O)OC(C)(C)C)N2CCN(S(=O)(=O)c3ccccc3[N+](=O)[O-])[C@@H](C)C2)c(F)c1. The van der Waals surface area contributed by atoms with Gasteiger partial charge in [0.25, 0.3) is 5.69 Å². The number of hydrogen-bond acceptors (Lipinski definition) is 7. The molecule has 0 N–H and O–H groups in total. The second-order valence-corrected chi connectivity index (χ2v) is 11.9. The molecule has 0 bridgehead atoms. The summed E-state index contributed by atoms with van der Waals surface area (Å²) < 4.78 is 48.2. The van der Waals surface area contributed by atoms with Crippen molar-refractivity contribution in [2.24, 2.45) is 0 Å². The van der Waals surface area contributed by atoms with Gasteiger partial charge in [0.2, 0.25) is 10.0 Å². The van der Waals surface area contributed by atoms with Crippen LogP contribution in [0.25, 0.3) is 0 Å². The van der Waals surface area contributed by atoms with Crippen LogP contribution >= 0.6 is 0 Å². The lowest BCUT2D eigenvalue weighted by Gasteiger charge is -2.42. The van der Waals surface area contributed by atoms with Crippen LogP contribution in [0, 0.1) is 22.9 Å². The van der Waals surface area contributed by atoms with Crippen molar-refractivity contribution in [3.8, 4) is 0 Å². The Labute approximate surface area is 211 Å². The molecule has 0 unspecified atom stereocenters. The van der Waals surface area contributed by atoms with E-state index in [1.54, 1.807) is 51.7 Å². The first kappa shape index (κ1) is 27.7. The van der Waals surface area contributed by atoms with Gasteiger partial charge in [0.1, 0.15) is 17.5 Å². The highest BCUT2D eigenvalue weighted by Gasteiger charge is 2.41. The average Bonchev–Trinajstić information content (AvgIpc) is 2.77. The molecular weight excluding hydrogens is 489 g/mol. The summed E-state index contributed by atoms with van der Waals surface area (Å²) in [4.78, 5) is 25.3. The van der Waals surface area contributed by atoms with Gasteiger partial charge in [-0.25, -0.2) is 12.8 Å². The highest BCUT2D eigenvalue weighted by atomic mass is 32.2. The number of carbonyl (C=O) groups excluding carboxylic acids is 1. The van der Waals surface area contributed by atoms with Gasteiger partial charge >= 0.3 is 5.97 Å². The summed E-state index contributed by atoms with van der Waals surface area (Å²) in [6.45, 7) is 9.02. The van der Waals surface area contributed by atoms with Crippen LogP contribution in [-0.2, 0) is 26.0 Å². The molecule has 1 heterocycles. The molecule has 1 aliphatic heterocycles. The molecule has 36 heavy (non-hydrogen) atoms. The van der Waals surface area contributed by atoms with Gasteiger partial charge in [0, 0.05) is 38.2 Å². The van der Waals surface area contributed by atoms with Crippen LogP contribution < -0.4 is 0 Å². The molecule has 1 fully saturated rings. The molecule has 1 saturated heterocycles. The number of halogens is 1. The first-order valence-corrected chi connectivity index (χ1v) is 13.1. The van der Waals surface area contributed by atoms with E-state index in [1.165, 1.54) is 28.6 Å². The third-order valence-corrected chi connectivity index (χ3v) is 8.05. The maximum atomic E-state index is 14.7. The van der Waals surface area contributed by atoms with Crippen LogP contribution in [-0.4, -0.2) is 65.8 Å². The van der Waals surface area contributed by atoms with Gasteiger partial charge in [-0.2, -0.15) is 4.31 Å². The first-order valence-electron chi connectivity index (χ1n) is 11.7. The third kappa shape index (κ3) is 6.26. The Bertz CT molecular complexity index is 1240. The third-order valence-electron chi connectivity index (χ3n) is 5.99. The van der Waals surface area contributed by atoms with Gasteiger partial charge < -0.3 is 4.74 Å². The molecule has 0 spiro atoms. The van der Waals surface area contributed by atoms with E-state index in [0.717, 1.165) is 11.6 Å². The number of nitro benzene ring substituents is 1. The molecular formula is C25H32FN3O6S. The lowest BCUT2D eigenvalue weighted by atomic mass is 10.0. The fourth-order valence-electron chi connectivity index (χ4n) is 4.32. The molecule has 3 rings (SSSR count). The number of rotatable bonds is 7. The number of para-hydroxylation sites is 1. The number of sulfonamides is 1. The van der Waals surface area contributed by atoms with Crippen LogP contribution in [0.1, 0.15) is 38.8 Å². The average molecular weight is 522 g/mol. The van der Waals surface area contributed by atoms with E-state index in [9.17, 15) is 27.7 Å². The number of esters is 1. The number of hydrogen-bond donors (Lipinski definition) is 0. The Kier molecular flexibility index (Phi) is 8.17. The minimum Gasteiger partial charge on any atom is -0.459 e. The monoisotopic (exact) mass is 521 g/mol. The Morgan fingerprint density at radius 3 is 2.47 bits per heavy atom. The lowest BCUT2D eigenvalue weighted by molar-refractivity contribution is -0.387. The molecule has 1 aliphatic rings. The molecule has 2 atom stereocenters.